The Bertz CT molecular complexity index is 875. The van der Waals surface area contributed by atoms with Gasteiger partial charge in [0.05, 0.1) is 22.6 Å². The minimum Gasteiger partial charge on any atom is -0.348 e. The number of hydrogen-bond acceptors (Lipinski definition) is 4. The average molecular weight is 332 g/mol. The number of fused-ring (bicyclic) bond motifs is 1. The molecule has 1 fully saturated rings. The Kier molecular flexibility index (Phi) is 4.10. The van der Waals surface area contributed by atoms with Gasteiger partial charge in [0, 0.05) is 17.1 Å². The molecule has 1 aromatic heterocycles. The topological polar surface area (TPSA) is 76.1 Å². The fourth-order valence-electron chi connectivity index (χ4n) is 3.16. The summed E-state index contributed by atoms with van der Waals surface area (Å²) in [5, 5.41) is 3.70. The van der Waals surface area contributed by atoms with E-state index in [1.165, 1.54) is 0 Å². The second kappa shape index (κ2) is 5.92. The summed E-state index contributed by atoms with van der Waals surface area (Å²) in [6, 6.07) is 7.25. The molecule has 2 heterocycles. The van der Waals surface area contributed by atoms with Crippen molar-refractivity contribution in [3.05, 3.63) is 41.1 Å². The number of aromatic nitrogens is 1. The zero-order valence-corrected chi connectivity index (χ0v) is 14.1. The van der Waals surface area contributed by atoms with E-state index in [1.54, 1.807) is 0 Å². The van der Waals surface area contributed by atoms with Gasteiger partial charge in [-0.15, -0.1) is 0 Å². The largest absolute Gasteiger partial charge is 0.348 e. The van der Waals surface area contributed by atoms with Gasteiger partial charge in [-0.1, -0.05) is 25.1 Å². The summed E-state index contributed by atoms with van der Waals surface area (Å²) in [6.07, 6.45) is 1.23. The van der Waals surface area contributed by atoms with E-state index in [9.17, 15) is 13.2 Å². The van der Waals surface area contributed by atoms with Crippen LogP contribution in [0.25, 0.3) is 10.9 Å². The lowest BCUT2D eigenvalue weighted by molar-refractivity contribution is 0.0942. The van der Waals surface area contributed by atoms with Crippen LogP contribution in [-0.2, 0) is 16.3 Å². The van der Waals surface area contributed by atoms with E-state index in [1.807, 2.05) is 38.1 Å². The minimum atomic E-state index is -3.02. The number of amides is 1. The number of nitrogens with zero attached hydrogens (tertiary/aromatic N) is 1. The Balaban J connectivity index is 2.01. The van der Waals surface area contributed by atoms with Gasteiger partial charge >= 0.3 is 0 Å². The lowest BCUT2D eigenvalue weighted by atomic mass is 9.99. The molecule has 1 atom stereocenters. The summed E-state index contributed by atoms with van der Waals surface area (Å²) in [6.45, 7) is 3.91. The van der Waals surface area contributed by atoms with Crippen LogP contribution < -0.4 is 5.32 Å². The number of aryl methyl sites for hydroxylation is 1. The van der Waals surface area contributed by atoms with Gasteiger partial charge in [-0.05, 0) is 31.4 Å². The van der Waals surface area contributed by atoms with Crippen LogP contribution in [0.4, 0.5) is 0 Å². The molecule has 1 unspecified atom stereocenters. The number of rotatable bonds is 3. The second-order valence-corrected chi connectivity index (χ2v) is 8.23. The molecule has 6 heteroatoms. The van der Waals surface area contributed by atoms with Crippen LogP contribution in [-0.4, -0.2) is 36.9 Å². The molecule has 1 N–H and O–H groups in total. The second-order valence-electron chi connectivity index (χ2n) is 6.00. The van der Waals surface area contributed by atoms with Crippen molar-refractivity contribution in [2.24, 2.45) is 0 Å². The summed E-state index contributed by atoms with van der Waals surface area (Å²) in [5.41, 5.74) is 3.16. The standard InChI is InChI=1S/C17H20N2O3S/c1-3-14-11(2)16(13-6-4-5-7-15(13)19-14)17(20)18-12-8-9-23(21,22)10-12/h4-7,12H,3,8-10H2,1-2H3,(H,18,20). The van der Waals surface area contributed by atoms with Gasteiger partial charge in [0.2, 0.25) is 0 Å². The first-order valence-corrected chi connectivity index (χ1v) is 9.63. The molecule has 0 radical (unpaired) electrons. The molecule has 0 spiro atoms. The fourth-order valence-corrected chi connectivity index (χ4v) is 4.83. The van der Waals surface area contributed by atoms with Gasteiger partial charge in [-0.2, -0.15) is 0 Å². The van der Waals surface area contributed by atoms with Crippen molar-refractivity contribution in [2.45, 2.75) is 32.7 Å². The van der Waals surface area contributed by atoms with Gasteiger partial charge in [0.25, 0.3) is 5.91 Å². The van der Waals surface area contributed by atoms with Crippen molar-refractivity contribution < 1.29 is 13.2 Å². The fraction of sp³-hybridized carbons (Fsp3) is 0.412. The van der Waals surface area contributed by atoms with Gasteiger partial charge < -0.3 is 5.32 Å². The molecule has 0 bridgehead atoms. The van der Waals surface area contributed by atoms with Crippen LogP contribution in [0, 0.1) is 6.92 Å². The van der Waals surface area contributed by atoms with Crippen molar-refractivity contribution in [2.75, 3.05) is 11.5 Å². The Hall–Kier alpha value is -1.95. The smallest absolute Gasteiger partial charge is 0.252 e. The molecule has 23 heavy (non-hydrogen) atoms. The van der Waals surface area contributed by atoms with Crippen LogP contribution >= 0.6 is 0 Å². The van der Waals surface area contributed by atoms with Gasteiger partial charge in [0.1, 0.15) is 0 Å². The molecule has 1 amide bonds. The van der Waals surface area contributed by atoms with Crippen LogP contribution in [0.3, 0.4) is 0 Å². The Morgan fingerprint density at radius 1 is 1.35 bits per heavy atom. The van der Waals surface area contributed by atoms with E-state index < -0.39 is 9.84 Å². The third kappa shape index (κ3) is 3.08. The number of carbonyl (C=O) groups is 1. The predicted molar refractivity (Wildman–Crippen MR) is 90.4 cm³/mol. The lowest BCUT2D eigenvalue weighted by Crippen LogP contribution is -2.36. The molecule has 0 saturated carbocycles. The number of benzene rings is 1. The normalized spacial score (nSPS) is 19.8. The zero-order chi connectivity index (χ0) is 16.6. The van der Waals surface area contributed by atoms with Crippen LogP contribution in [0.15, 0.2) is 24.3 Å². The first-order valence-electron chi connectivity index (χ1n) is 7.81. The number of para-hydroxylation sites is 1. The van der Waals surface area contributed by atoms with Crippen molar-refractivity contribution in [3.8, 4) is 0 Å². The number of sulfone groups is 1. The maximum absolute atomic E-state index is 12.8. The predicted octanol–water partition coefficient (Wildman–Crippen LogP) is 2.02. The third-order valence-corrected chi connectivity index (χ3v) is 6.13. The van der Waals surface area contributed by atoms with Gasteiger partial charge in [-0.3, -0.25) is 9.78 Å². The van der Waals surface area contributed by atoms with E-state index in [0.29, 0.717) is 12.0 Å². The molecule has 2 aromatic rings. The monoisotopic (exact) mass is 332 g/mol. The third-order valence-electron chi connectivity index (χ3n) is 4.37. The highest BCUT2D eigenvalue weighted by Crippen LogP contribution is 2.24. The Morgan fingerprint density at radius 2 is 2.09 bits per heavy atom. The van der Waals surface area contributed by atoms with Crippen LogP contribution in [0.5, 0.6) is 0 Å². The molecular formula is C17H20N2O3S. The summed E-state index contributed by atoms with van der Waals surface area (Å²) < 4.78 is 23.2. The van der Waals surface area contributed by atoms with E-state index in [0.717, 1.165) is 28.6 Å². The van der Waals surface area contributed by atoms with E-state index in [-0.39, 0.29) is 23.5 Å². The van der Waals surface area contributed by atoms with Crippen molar-refractivity contribution in [3.63, 3.8) is 0 Å². The van der Waals surface area contributed by atoms with Crippen molar-refractivity contribution in [1.29, 1.82) is 0 Å². The molecular weight excluding hydrogens is 312 g/mol. The van der Waals surface area contributed by atoms with Gasteiger partial charge in [0.15, 0.2) is 9.84 Å². The molecule has 5 nitrogen and oxygen atoms in total. The Morgan fingerprint density at radius 3 is 2.74 bits per heavy atom. The van der Waals surface area contributed by atoms with Crippen LogP contribution in [0.1, 0.15) is 35.0 Å². The summed E-state index contributed by atoms with van der Waals surface area (Å²) in [4.78, 5) is 17.4. The molecule has 0 aliphatic carbocycles. The zero-order valence-electron chi connectivity index (χ0n) is 13.3. The highest BCUT2D eigenvalue weighted by atomic mass is 32.2. The molecule has 1 aliphatic rings. The lowest BCUT2D eigenvalue weighted by Gasteiger charge is -2.16. The minimum absolute atomic E-state index is 0.0292. The Labute approximate surface area is 136 Å². The van der Waals surface area contributed by atoms with Crippen molar-refractivity contribution >= 4 is 26.6 Å². The molecule has 1 aliphatic heterocycles. The van der Waals surface area contributed by atoms with Crippen molar-refractivity contribution in [1.82, 2.24) is 10.3 Å². The van der Waals surface area contributed by atoms with Gasteiger partial charge in [-0.25, -0.2) is 8.42 Å². The average Bonchev–Trinajstić information content (AvgIpc) is 2.85. The summed E-state index contributed by atoms with van der Waals surface area (Å²) in [5.74, 6) is -0.0340. The number of carbonyl (C=O) groups excluding carboxylic acids is 1. The first-order chi connectivity index (χ1) is 10.9. The molecule has 3 rings (SSSR count). The van der Waals surface area contributed by atoms with E-state index in [4.69, 9.17) is 0 Å². The quantitative estimate of drug-likeness (QED) is 0.933. The molecule has 1 aromatic carbocycles. The summed E-state index contributed by atoms with van der Waals surface area (Å²) in [7, 11) is -3.02. The maximum atomic E-state index is 12.8. The summed E-state index contributed by atoms with van der Waals surface area (Å²) >= 11 is 0. The molecule has 122 valence electrons. The van der Waals surface area contributed by atoms with Crippen LogP contribution in [0.2, 0.25) is 0 Å². The molecule has 1 saturated heterocycles. The number of hydrogen-bond donors (Lipinski definition) is 1. The SMILES string of the molecule is CCc1nc2ccccc2c(C(=O)NC2CCS(=O)(=O)C2)c1C. The van der Waals surface area contributed by atoms with E-state index >= 15 is 0 Å². The first kappa shape index (κ1) is 15.9. The number of nitrogens with one attached hydrogen (secondary N) is 1. The highest BCUT2D eigenvalue weighted by molar-refractivity contribution is 7.91. The number of pyridine rings is 1. The highest BCUT2D eigenvalue weighted by Gasteiger charge is 2.30. The maximum Gasteiger partial charge on any atom is 0.252 e. The van der Waals surface area contributed by atoms with E-state index in [2.05, 4.69) is 10.3 Å².